The Balaban J connectivity index is 1.27. The summed E-state index contributed by atoms with van der Waals surface area (Å²) in [6.45, 7) is 5.74. The maximum Gasteiger partial charge on any atom is 0.416 e. The largest absolute Gasteiger partial charge is 0.416 e. The molecular weight excluding hydrogens is 407 g/mol. The van der Waals surface area contributed by atoms with Crippen molar-refractivity contribution in [2.45, 2.75) is 43.9 Å². The summed E-state index contributed by atoms with van der Waals surface area (Å²) in [4.78, 5) is 17.5. The van der Waals surface area contributed by atoms with Gasteiger partial charge in [0.25, 0.3) is 5.91 Å². The van der Waals surface area contributed by atoms with Crippen LogP contribution in [0.5, 0.6) is 0 Å². The number of nitrogens with zero attached hydrogens (tertiary/aromatic N) is 2. The van der Waals surface area contributed by atoms with Gasteiger partial charge in [-0.3, -0.25) is 14.6 Å². The van der Waals surface area contributed by atoms with Crippen LogP contribution in [0, 0.1) is 11.8 Å². The van der Waals surface area contributed by atoms with Crippen LogP contribution in [0.4, 0.5) is 13.2 Å². The van der Waals surface area contributed by atoms with Crippen LogP contribution in [-0.4, -0.2) is 74.2 Å². The van der Waals surface area contributed by atoms with Gasteiger partial charge in [-0.2, -0.15) is 13.2 Å². The Morgan fingerprint density at radius 2 is 1.94 bits per heavy atom. The number of alkyl halides is 3. The predicted octanol–water partition coefficient (Wildman–Crippen LogP) is 3.26. The molecule has 1 aromatic rings. The number of piperidine rings is 3. The van der Waals surface area contributed by atoms with Crippen LogP contribution in [0.15, 0.2) is 24.3 Å². The van der Waals surface area contributed by atoms with Gasteiger partial charge in [0.15, 0.2) is 0 Å². The normalized spacial score (nSPS) is 31.2. The molecule has 5 atom stereocenters. The maximum absolute atomic E-state index is 12.7. The molecule has 1 amide bonds. The molecule has 8 heteroatoms. The molecule has 5 rings (SSSR count). The molecule has 4 saturated heterocycles. The van der Waals surface area contributed by atoms with Crippen molar-refractivity contribution in [1.82, 2.24) is 15.1 Å². The lowest BCUT2D eigenvalue weighted by Crippen LogP contribution is -2.58. The van der Waals surface area contributed by atoms with E-state index in [4.69, 9.17) is 4.74 Å². The maximum atomic E-state index is 12.7. The first-order valence-corrected chi connectivity index (χ1v) is 11.3. The molecule has 1 N–H and O–H groups in total. The second kappa shape index (κ2) is 9.46. The van der Waals surface area contributed by atoms with Gasteiger partial charge in [0.1, 0.15) is 0 Å². The summed E-state index contributed by atoms with van der Waals surface area (Å²) in [5, 5.41) is 2.93. The van der Waals surface area contributed by atoms with Gasteiger partial charge in [-0.05, 0) is 74.9 Å². The van der Waals surface area contributed by atoms with Gasteiger partial charge in [0, 0.05) is 44.4 Å². The van der Waals surface area contributed by atoms with Crippen LogP contribution >= 0.6 is 0 Å². The topological polar surface area (TPSA) is 44.8 Å². The van der Waals surface area contributed by atoms with Crippen LogP contribution in [0.1, 0.15) is 41.6 Å². The fourth-order valence-corrected chi connectivity index (χ4v) is 5.61. The monoisotopic (exact) mass is 439 g/mol. The SMILES string of the molecule is COCC1CCCN1CC1CN2CCC1CC2CNC(=O)c1ccc(C(F)(F)F)cc1. The van der Waals surface area contributed by atoms with Crippen LogP contribution in [0.2, 0.25) is 0 Å². The molecule has 0 spiro atoms. The molecule has 1 aromatic carbocycles. The number of hydrogen-bond donors (Lipinski definition) is 1. The lowest BCUT2D eigenvalue weighted by molar-refractivity contribution is -0.137. The van der Waals surface area contributed by atoms with Crippen molar-refractivity contribution in [3.05, 3.63) is 35.4 Å². The Morgan fingerprint density at radius 3 is 2.58 bits per heavy atom. The van der Waals surface area contributed by atoms with Gasteiger partial charge in [-0.1, -0.05) is 0 Å². The minimum Gasteiger partial charge on any atom is -0.383 e. The molecule has 0 radical (unpaired) electrons. The second-order valence-corrected chi connectivity index (χ2v) is 9.22. The van der Waals surface area contributed by atoms with E-state index in [1.807, 2.05) is 0 Å². The van der Waals surface area contributed by atoms with Gasteiger partial charge in [0.2, 0.25) is 0 Å². The minimum atomic E-state index is -4.39. The first-order valence-electron chi connectivity index (χ1n) is 11.3. The molecule has 4 aliphatic rings. The number of hydrogen-bond acceptors (Lipinski definition) is 4. The van der Waals surface area contributed by atoms with E-state index in [9.17, 15) is 18.0 Å². The van der Waals surface area contributed by atoms with E-state index in [2.05, 4.69) is 15.1 Å². The lowest BCUT2D eigenvalue weighted by atomic mass is 9.75. The Morgan fingerprint density at radius 1 is 1.16 bits per heavy atom. The lowest BCUT2D eigenvalue weighted by Gasteiger charge is -2.51. The van der Waals surface area contributed by atoms with E-state index < -0.39 is 11.7 Å². The average Bonchev–Trinajstić information content (AvgIpc) is 3.19. The van der Waals surface area contributed by atoms with E-state index in [-0.39, 0.29) is 11.5 Å². The fourth-order valence-electron chi connectivity index (χ4n) is 5.61. The molecule has 2 bridgehead atoms. The number of nitrogens with one attached hydrogen (secondary N) is 1. The highest BCUT2D eigenvalue weighted by atomic mass is 19.4. The molecule has 4 fully saturated rings. The summed E-state index contributed by atoms with van der Waals surface area (Å²) in [5.74, 6) is 1.02. The smallest absolute Gasteiger partial charge is 0.383 e. The van der Waals surface area contributed by atoms with Gasteiger partial charge in [0.05, 0.1) is 12.2 Å². The Kier molecular flexibility index (Phi) is 6.89. The summed E-state index contributed by atoms with van der Waals surface area (Å²) >= 11 is 0. The van der Waals surface area contributed by atoms with Gasteiger partial charge >= 0.3 is 6.18 Å². The number of amides is 1. The highest BCUT2D eigenvalue weighted by molar-refractivity contribution is 5.94. The Labute approximate surface area is 181 Å². The van der Waals surface area contributed by atoms with Gasteiger partial charge < -0.3 is 10.1 Å². The number of methoxy groups -OCH3 is 1. The molecule has 0 aromatic heterocycles. The van der Waals surface area contributed by atoms with E-state index in [1.54, 1.807) is 7.11 Å². The Hall–Kier alpha value is -1.64. The number of fused-ring (bicyclic) bond motifs is 3. The third-order valence-corrected chi connectivity index (χ3v) is 7.31. The number of carbonyl (C=O) groups is 1. The molecule has 0 saturated carbocycles. The number of halogens is 3. The first kappa shape index (κ1) is 22.6. The molecule has 4 heterocycles. The van der Waals surface area contributed by atoms with Crippen molar-refractivity contribution >= 4 is 5.91 Å². The standard InChI is InChI=1S/C23H32F3N3O2/c1-31-15-20-3-2-9-28(20)13-18-14-29-10-8-17(18)11-21(29)12-27-22(30)16-4-6-19(7-5-16)23(24,25)26/h4-7,17-18,20-21H,2-3,8-15H2,1H3,(H,27,30). The summed E-state index contributed by atoms with van der Waals surface area (Å²) in [7, 11) is 1.77. The molecule has 4 aliphatic heterocycles. The molecular formula is C23H32F3N3O2. The van der Waals surface area contributed by atoms with Crippen LogP contribution in [0.25, 0.3) is 0 Å². The van der Waals surface area contributed by atoms with E-state index in [0.717, 1.165) is 51.3 Å². The average molecular weight is 440 g/mol. The van der Waals surface area contributed by atoms with Crippen molar-refractivity contribution in [3.63, 3.8) is 0 Å². The zero-order valence-corrected chi connectivity index (χ0v) is 18.0. The fraction of sp³-hybridized carbons (Fsp3) is 0.696. The third kappa shape index (κ3) is 5.23. The predicted molar refractivity (Wildman–Crippen MR) is 112 cm³/mol. The molecule has 0 aliphatic carbocycles. The number of benzene rings is 1. The van der Waals surface area contributed by atoms with Crippen molar-refractivity contribution < 1.29 is 22.7 Å². The van der Waals surface area contributed by atoms with Gasteiger partial charge in [-0.25, -0.2) is 0 Å². The second-order valence-electron chi connectivity index (χ2n) is 9.22. The Bertz CT molecular complexity index is 755. The highest BCUT2D eigenvalue weighted by Crippen LogP contribution is 2.37. The summed E-state index contributed by atoms with van der Waals surface area (Å²) < 4.78 is 43.5. The van der Waals surface area contributed by atoms with E-state index >= 15 is 0 Å². The van der Waals surface area contributed by atoms with E-state index in [1.165, 1.54) is 31.4 Å². The zero-order chi connectivity index (χ0) is 22.0. The third-order valence-electron chi connectivity index (χ3n) is 7.31. The van der Waals surface area contributed by atoms with Crippen molar-refractivity contribution in [3.8, 4) is 0 Å². The van der Waals surface area contributed by atoms with Crippen LogP contribution in [0.3, 0.4) is 0 Å². The van der Waals surface area contributed by atoms with Crippen molar-refractivity contribution in [2.75, 3.05) is 46.4 Å². The van der Waals surface area contributed by atoms with E-state index in [0.29, 0.717) is 30.5 Å². The van der Waals surface area contributed by atoms with Crippen molar-refractivity contribution in [1.29, 1.82) is 0 Å². The highest BCUT2D eigenvalue weighted by Gasteiger charge is 2.41. The summed E-state index contributed by atoms with van der Waals surface area (Å²) in [6, 6.07) is 5.25. The number of rotatable bonds is 7. The number of carbonyl (C=O) groups excluding carboxylic acids is 1. The van der Waals surface area contributed by atoms with Crippen LogP contribution in [-0.2, 0) is 10.9 Å². The quantitative estimate of drug-likeness (QED) is 0.709. The first-order chi connectivity index (χ1) is 14.8. The van der Waals surface area contributed by atoms with Crippen LogP contribution < -0.4 is 5.32 Å². The zero-order valence-electron chi connectivity index (χ0n) is 18.0. The molecule has 172 valence electrons. The summed E-state index contributed by atoms with van der Waals surface area (Å²) in [6.07, 6.45) is 0.345. The number of likely N-dealkylation sites (tertiary alicyclic amines) is 1. The van der Waals surface area contributed by atoms with Crippen molar-refractivity contribution in [2.24, 2.45) is 11.8 Å². The molecule has 5 nitrogen and oxygen atoms in total. The van der Waals surface area contributed by atoms with Gasteiger partial charge in [-0.15, -0.1) is 0 Å². The molecule has 5 unspecified atom stereocenters. The summed E-state index contributed by atoms with van der Waals surface area (Å²) in [5.41, 5.74) is -0.475. The minimum absolute atomic E-state index is 0.264. The number of ether oxygens (including phenoxy) is 1. The molecule has 31 heavy (non-hydrogen) atoms.